The lowest BCUT2D eigenvalue weighted by Crippen LogP contribution is -2.16. The maximum absolute atomic E-state index is 12.4. The summed E-state index contributed by atoms with van der Waals surface area (Å²) in [5, 5.41) is -0.400. The van der Waals surface area contributed by atoms with E-state index >= 15 is 0 Å². The maximum atomic E-state index is 12.4. The molecule has 0 unspecified atom stereocenters. The monoisotopic (exact) mass is 358 g/mol. The maximum Gasteiger partial charge on any atom is 0.167 e. The zero-order valence-corrected chi connectivity index (χ0v) is 16.1. The number of rotatable bonds is 7. The molecule has 0 radical (unpaired) electrons. The lowest BCUT2D eigenvalue weighted by atomic mass is 9.98. The van der Waals surface area contributed by atoms with E-state index in [1.807, 2.05) is 12.1 Å². The molecule has 3 nitrogen and oxygen atoms in total. The van der Waals surface area contributed by atoms with Gasteiger partial charge < -0.3 is 0 Å². The highest BCUT2D eigenvalue weighted by Crippen LogP contribution is 2.17. The second kappa shape index (κ2) is 7.96. The zero-order valence-electron chi connectivity index (χ0n) is 15.3. The summed E-state index contributed by atoms with van der Waals surface area (Å²) in [7, 11) is -3.13. The first-order chi connectivity index (χ1) is 11.7. The van der Waals surface area contributed by atoms with Crippen LogP contribution in [0.15, 0.2) is 48.5 Å². The molecule has 0 saturated heterocycles. The van der Waals surface area contributed by atoms with Crippen LogP contribution in [0.1, 0.15) is 60.7 Å². The summed E-state index contributed by atoms with van der Waals surface area (Å²) in [5.41, 5.74) is 3.57. The normalized spacial score (nSPS) is 11.9. The van der Waals surface area contributed by atoms with Gasteiger partial charge in [-0.25, -0.2) is 8.42 Å². The minimum Gasteiger partial charge on any atom is -0.294 e. The van der Waals surface area contributed by atoms with Crippen molar-refractivity contribution in [3.8, 4) is 0 Å². The van der Waals surface area contributed by atoms with Crippen molar-refractivity contribution in [2.75, 3.05) is 0 Å². The third kappa shape index (κ3) is 5.27. The van der Waals surface area contributed by atoms with E-state index in [-0.39, 0.29) is 11.5 Å². The van der Waals surface area contributed by atoms with E-state index < -0.39 is 15.1 Å². The minimum absolute atomic E-state index is 0.00972. The van der Waals surface area contributed by atoms with Gasteiger partial charge in [0.05, 0.1) is 11.0 Å². The van der Waals surface area contributed by atoms with Crippen molar-refractivity contribution in [3.05, 3.63) is 70.8 Å². The van der Waals surface area contributed by atoms with Gasteiger partial charge in [-0.3, -0.25) is 4.79 Å². The van der Waals surface area contributed by atoms with Gasteiger partial charge in [-0.1, -0.05) is 62.4 Å². The minimum atomic E-state index is -3.13. The van der Waals surface area contributed by atoms with Gasteiger partial charge in [-0.05, 0) is 36.5 Å². The first kappa shape index (κ1) is 19.4. The molecule has 0 N–H and O–H groups in total. The van der Waals surface area contributed by atoms with Gasteiger partial charge in [0.15, 0.2) is 15.6 Å². The summed E-state index contributed by atoms with van der Waals surface area (Å²) >= 11 is 0. The molecule has 0 fully saturated rings. The van der Waals surface area contributed by atoms with Gasteiger partial charge in [-0.2, -0.15) is 0 Å². The zero-order chi connectivity index (χ0) is 18.6. The second-order valence-electron chi connectivity index (χ2n) is 7.05. The van der Waals surface area contributed by atoms with Crippen LogP contribution >= 0.6 is 0 Å². The quantitative estimate of drug-likeness (QED) is 0.682. The third-order valence-electron chi connectivity index (χ3n) is 4.37. The van der Waals surface area contributed by atoms with Gasteiger partial charge in [0.2, 0.25) is 0 Å². The molecule has 2 aromatic rings. The molecule has 0 spiro atoms. The van der Waals surface area contributed by atoms with Crippen molar-refractivity contribution < 1.29 is 13.2 Å². The van der Waals surface area contributed by atoms with Gasteiger partial charge in [0, 0.05) is 12.0 Å². The predicted molar refractivity (Wildman–Crippen MR) is 103 cm³/mol. The molecular formula is C21H26O3S. The average Bonchev–Trinajstić information content (AvgIpc) is 2.55. The van der Waals surface area contributed by atoms with Crippen LogP contribution in [0.25, 0.3) is 0 Å². The Kier molecular flexibility index (Phi) is 6.17. The van der Waals surface area contributed by atoms with E-state index in [4.69, 9.17) is 0 Å². The Morgan fingerprint density at radius 3 is 1.84 bits per heavy atom. The van der Waals surface area contributed by atoms with E-state index in [1.165, 1.54) is 5.56 Å². The average molecular weight is 359 g/mol. The van der Waals surface area contributed by atoms with Crippen LogP contribution in [0.5, 0.6) is 0 Å². The first-order valence-electron chi connectivity index (χ1n) is 8.61. The SMILES string of the molecule is CC(C)c1ccc(CC(=O)c2ccc(CS(=O)(=O)C(C)C)cc2)cc1. The van der Waals surface area contributed by atoms with Gasteiger partial charge in [-0.15, -0.1) is 0 Å². The fraction of sp³-hybridized carbons (Fsp3) is 0.381. The van der Waals surface area contributed by atoms with Crippen molar-refractivity contribution >= 4 is 15.6 Å². The topological polar surface area (TPSA) is 51.2 Å². The molecule has 0 aliphatic carbocycles. The Labute approximate surface area is 151 Å². The van der Waals surface area contributed by atoms with E-state index in [2.05, 4.69) is 26.0 Å². The highest BCUT2D eigenvalue weighted by molar-refractivity contribution is 7.91. The molecule has 0 bridgehead atoms. The molecule has 25 heavy (non-hydrogen) atoms. The van der Waals surface area contributed by atoms with Crippen molar-refractivity contribution in [1.82, 2.24) is 0 Å². The molecule has 4 heteroatoms. The predicted octanol–water partition coefficient (Wildman–Crippen LogP) is 4.56. The van der Waals surface area contributed by atoms with E-state index in [0.717, 1.165) is 5.56 Å². The largest absolute Gasteiger partial charge is 0.294 e. The number of carbonyl (C=O) groups is 1. The molecule has 2 aromatic carbocycles. The summed E-state index contributed by atoms with van der Waals surface area (Å²) in [6.45, 7) is 7.64. The Balaban J connectivity index is 2.05. The summed E-state index contributed by atoms with van der Waals surface area (Å²) < 4.78 is 23.9. The number of carbonyl (C=O) groups excluding carboxylic acids is 1. The summed E-state index contributed by atoms with van der Waals surface area (Å²) in [6, 6.07) is 15.0. The molecule has 0 aliphatic heterocycles. The van der Waals surface area contributed by atoms with Gasteiger partial charge >= 0.3 is 0 Å². The van der Waals surface area contributed by atoms with Crippen molar-refractivity contribution in [3.63, 3.8) is 0 Å². The molecule has 2 rings (SSSR count). The molecule has 0 saturated carbocycles. The van der Waals surface area contributed by atoms with Crippen molar-refractivity contribution in [2.24, 2.45) is 0 Å². The molecule has 0 aromatic heterocycles. The van der Waals surface area contributed by atoms with Crippen LogP contribution in [0.2, 0.25) is 0 Å². The fourth-order valence-electron chi connectivity index (χ4n) is 2.49. The summed E-state index contributed by atoms with van der Waals surface area (Å²) in [5.74, 6) is 0.519. The van der Waals surface area contributed by atoms with Crippen LogP contribution < -0.4 is 0 Å². The van der Waals surface area contributed by atoms with E-state index in [1.54, 1.807) is 38.1 Å². The van der Waals surface area contributed by atoms with Gasteiger partial charge in [0.25, 0.3) is 0 Å². The molecule has 0 amide bonds. The van der Waals surface area contributed by atoms with Crippen molar-refractivity contribution in [2.45, 2.75) is 51.0 Å². The van der Waals surface area contributed by atoms with Crippen LogP contribution in [0.4, 0.5) is 0 Å². The Hall–Kier alpha value is -1.94. The summed E-state index contributed by atoms with van der Waals surface area (Å²) in [6.07, 6.45) is 0.349. The standard InChI is InChI=1S/C21H26O3S/c1-15(2)19-9-5-17(6-10-19)13-21(22)20-11-7-18(8-12-20)14-25(23,24)16(3)4/h5-12,15-16H,13-14H2,1-4H3. The van der Waals surface area contributed by atoms with E-state index in [0.29, 0.717) is 23.5 Å². The number of ketones is 1. The molecule has 134 valence electrons. The lowest BCUT2D eigenvalue weighted by molar-refractivity contribution is 0.0993. The smallest absolute Gasteiger partial charge is 0.167 e. The van der Waals surface area contributed by atoms with Crippen LogP contribution in [0.3, 0.4) is 0 Å². The highest BCUT2D eigenvalue weighted by atomic mass is 32.2. The molecule has 0 atom stereocenters. The van der Waals surface area contributed by atoms with Gasteiger partial charge in [0.1, 0.15) is 0 Å². The summed E-state index contributed by atoms with van der Waals surface area (Å²) in [4.78, 5) is 12.4. The Morgan fingerprint density at radius 2 is 1.36 bits per heavy atom. The Morgan fingerprint density at radius 1 is 0.840 bits per heavy atom. The van der Waals surface area contributed by atoms with E-state index in [9.17, 15) is 13.2 Å². The second-order valence-corrected chi connectivity index (χ2v) is 9.61. The number of hydrogen-bond donors (Lipinski definition) is 0. The lowest BCUT2D eigenvalue weighted by Gasteiger charge is -2.09. The van der Waals surface area contributed by atoms with Crippen LogP contribution in [-0.2, 0) is 22.0 Å². The molecule has 0 aliphatic rings. The fourth-order valence-corrected chi connectivity index (χ4v) is 3.48. The number of benzene rings is 2. The Bertz CT molecular complexity index is 814. The third-order valence-corrected chi connectivity index (χ3v) is 6.55. The first-order valence-corrected chi connectivity index (χ1v) is 10.3. The number of hydrogen-bond acceptors (Lipinski definition) is 3. The number of Topliss-reactive ketones (excluding diaryl/α,β-unsaturated/α-hetero) is 1. The van der Waals surface area contributed by atoms with Crippen molar-refractivity contribution in [1.29, 1.82) is 0 Å². The number of sulfone groups is 1. The highest BCUT2D eigenvalue weighted by Gasteiger charge is 2.17. The molecule has 0 heterocycles. The van der Waals surface area contributed by atoms with Crippen LogP contribution in [0, 0.1) is 0 Å². The van der Waals surface area contributed by atoms with Crippen LogP contribution in [-0.4, -0.2) is 19.5 Å². The molecular weight excluding hydrogens is 332 g/mol.